The second-order valence-corrected chi connectivity index (χ2v) is 7.18. The molecule has 1 fully saturated rings. The molecule has 0 bridgehead atoms. The first-order valence-corrected chi connectivity index (χ1v) is 9.72. The van der Waals surface area contributed by atoms with Gasteiger partial charge in [0.2, 0.25) is 0 Å². The van der Waals surface area contributed by atoms with Crippen LogP contribution in [-0.2, 0) is 4.79 Å². The van der Waals surface area contributed by atoms with Crippen LogP contribution in [0.3, 0.4) is 0 Å². The summed E-state index contributed by atoms with van der Waals surface area (Å²) in [7, 11) is 0. The molecule has 2 aromatic heterocycles. The van der Waals surface area contributed by atoms with Gasteiger partial charge in [-0.25, -0.2) is 14.6 Å². The molecule has 1 aliphatic heterocycles. The van der Waals surface area contributed by atoms with E-state index in [4.69, 9.17) is 16.3 Å². The van der Waals surface area contributed by atoms with E-state index in [9.17, 15) is 4.79 Å². The molecule has 0 unspecified atom stereocenters. The molecule has 150 valence electrons. The lowest BCUT2D eigenvalue weighted by molar-refractivity contribution is -0.133. The van der Waals surface area contributed by atoms with Gasteiger partial charge in [0.1, 0.15) is 17.9 Å². The van der Waals surface area contributed by atoms with Crippen LogP contribution in [-0.4, -0.2) is 63.3 Å². The van der Waals surface area contributed by atoms with Crippen molar-refractivity contribution in [3.05, 3.63) is 59.6 Å². The van der Waals surface area contributed by atoms with Gasteiger partial charge < -0.3 is 14.5 Å². The van der Waals surface area contributed by atoms with E-state index in [-0.39, 0.29) is 12.5 Å². The van der Waals surface area contributed by atoms with E-state index in [1.165, 1.54) is 0 Å². The molecule has 0 radical (unpaired) electrons. The third kappa shape index (κ3) is 4.65. The molecule has 9 heteroatoms. The number of benzene rings is 1. The number of aryl methyl sites for hydroxylation is 1. The van der Waals surface area contributed by atoms with Gasteiger partial charge in [-0.3, -0.25) is 4.79 Å². The van der Waals surface area contributed by atoms with Crippen molar-refractivity contribution in [3.63, 3.8) is 0 Å². The maximum absolute atomic E-state index is 12.4. The third-order valence-electron chi connectivity index (χ3n) is 4.73. The number of hydrogen-bond acceptors (Lipinski definition) is 6. The number of aromatic nitrogens is 4. The van der Waals surface area contributed by atoms with Crippen LogP contribution in [0.15, 0.2) is 48.9 Å². The molecule has 1 aromatic carbocycles. The van der Waals surface area contributed by atoms with Crippen molar-refractivity contribution in [3.8, 4) is 11.6 Å². The fraction of sp³-hybridized carbons (Fsp3) is 0.300. The first-order chi connectivity index (χ1) is 14.1. The van der Waals surface area contributed by atoms with Crippen LogP contribution in [0.1, 0.15) is 5.69 Å². The summed E-state index contributed by atoms with van der Waals surface area (Å²) in [6, 6.07) is 10.8. The van der Waals surface area contributed by atoms with Crippen molar-refractivity contribution in [2.75, 3.05) is 37.7 Å². The van der Waals surface area contributed by atoms with Crippen molar-refractivity contribution in [1.29, 1.82) is 0 Å². The molecule has 0 aliphatic carbocycles. The van der Waals surface area contributed by atoms with Gasteiger partial charge in [-0.15, -0.1) is 0 Å². The Morgan fingerprint density at radius 2 is 1.79 bits per heavy atom. The monoisotopic (exact) mass is 412 g/mol. The van der Waals surface area contributed by atoms with E-state index in [2.05, 4.69) is 20.0 Å². The Hall–Kier alpha value is -3.13. The summed E-state index contributed by atoms with van der Waals surface area (Å²) in [6.45, 7) is 4.57. The summed E-state index contributed by atoms with van der Waals surface area (Å²) in [5.74, 6) is 2.14. The summed E-state index contributed by atoms with van der Waals surface area (Å²) in [5.41, 5.74) is 0.929. The van der Waals surface area contributed by atoms with E-state index in [1.54, 1.807) is 35.3 Å². The highest BCUT2D eigenvalue weighted by Crippen LogP contribution is 2.17. The van der Waals surface area contributed by atoms with Crippen LogP contribution in [0.4, 0.5) is 5.82 Å². The summed E-state index contributed by atoms with van der Waals surface area (Å²) in [4.78, 5) is 25.1. The van der Waals surface area contributed by atoms with Crippen molar-refractivity contribution in [1.82, 2.24) is 24.6 Å². The molecule has 3 aromatic rings. The highest BCUT2D eigenvalue weighted by atomic mass is 35.5. The Balaban J connectivity index is 1.32. The Bertz CT molecular complexity index is 983. The molecule has 0 atom stereocenters. The molecule has 1 aliphatic rings. The molecule has 0 N–H and O–H groups in total. The van der Waals surface area contributed by atoms with Gasteiger partial charge in [0.05, 0.1) is 5.69 Å². The van der Waals surface area contributed by atoms with E-state index in [1.807, 2.05) is 30.2 Å². The lowest BCUT2D eigenvalue weighted by atomic mass is 10.3. The van der Waals surface area contributed by atoms with Crippen LogP contribution in [0.2, 0.25) is 5.02 Å². The first kappa shape index (κ1) is 19.2. The van der Waals surface area contributed by atoms with Crippen LogP contribution in [0.5, 0.6) is 5.75 Å². The number of halogens is 1. The Morgan fingerprint density at radius 3 is 2.48 bits per heavy atom. The molecule has 29 heavy (non-hydrogen) atoms. The van der Waals surface area contributed by atoms with Gasteiger partial charge in [-0.1, -0.05) is 11.6 Å². The predicted octanol–water partition coefficient (Wildman–Crippen LogP) is 2.35. The number of ether oxygens (including phenoxy) is 1. The lowest BCUT2D eigenvalue weighted by Gasteiger charge is -2.35. The van der Waals surface area contributed by atoms with E-state index in [0.717, 1.165) is 17.3 Å². The van der Waals surface area contributed by atoms with Crippen LogP contribution < -0.4 is 9.64 Å². The molecule has 0 saturated carbocycles. The van der Waals surface area contributed by atoms with Gasteiger partial charge >= 0.3 is 0 Å². The number of rotatable bonds is 5. The normalized spacial score (nSPS) is 14.1. The molecule has 8 nitrogen and oxygen atoms in total. The van der Waals surface area contributed by atoms with Gasteiger partial charge in [0.15, 0.2) is 12.4 Å². The van der Waals surface area contributed by atoms with Gasteiger partial charge in [-0.05, 0) is 37.3 Å². The molecule has 4 rings (SSSR count). The zero-order valence-corrected chi connectivity index (χ0v) is 16.8. The van der Waals surface area contributed by atoms with Crippen LogP contribution in [0.25, 0.3) is 5.82 Å². The highest BCUT2D eigenvalue weighted by Gasteiger charge is 2.22. The molecule has 1 saturated heterocycles. The fourth-order valence-electron chi connectivity index (χ4n) is 3.13. The number of nitrogens with zero attached hydrogens (tertiary/aromatic N) is 6. The summed E-state index contributed by atoms with van der Waals surface area (Å²) < 4.78 is 7.29. The fourth-order valence-corrected chi connectivity index (χ4v) is 3.26. The smallest absolute Gasteiger partial charge is 0.260 e. The minimum atomic E-state index is -0.0324. The number of anilines is 1. The van der Waals surface area contributed by atoms with Crippen molar-refractivity contribution in [2.45, 2.75) is 6.92 Å². The van der Waals surface area contributed by atoms with Gasteiger partial charge in [0.25, 0.3) is 5.91 Å². The molecular weight excluding hydrogens is 392 g/mol. The van der Waals surface area contributed by atoms with E-state index in [0.29, 0.717) is 37.0 Å². The van der Waals surface area contributed by atoms with Crippen molar-refractivity contribution < 1.29 is 9.53 Å². The first-order valence-electron chi connectivity index (χ1n) is 9.34. The molecule has 1 amide bonds. The summed E-state index contributed by atoms with van der Waals surface area (Å²) in [6.07, 6.45) is 3.41. The molecular formula is C20H21ClN6O2. The second-order valence-electron chi connectivity index (χ2n) is 6.75. The SMILES string of the molecule is Cc1ccn(-c2cc(N3CCN(C(=O)COc4ccc(Cl)cc4)CC3)ncn2)n1. The second kappa shape index (κ2) is 8.48. The minimum Gasteiger partial charge on any atom is -0.484 e. The maximum Gasteiger partial charge on any atom is 0.260 e. The summed E-state index contributed by atoms with van der Waals surface area (Å²) in [5, 5.41) is 5.02. The Kier molecular flexibility index (Phi) is 5.62. The van der Waals surface area contributed by atoms with Crippen molar-refractivity contribution >= 4 is 23.3 Å². The predicted molar refractivity (Wildman–Crippen MR) is 110 cm³/mol. The standard InChI is InChI=1S/C20H21ClN6O2/c1-15-6-7-27(24-15)19-12-18(22-14-23-19)25-8-10-26(11-9-25)20(28)13-29-17-4-2-16(21)3-5-17/h2-7,12,14H,8-11,13H2,1H3. The van der Waals surface area contributed by atoms with E-state index >= 15 is 0 Å². The quantitative estimate of drug-likeness (QED) is 0.640. The van der Waals surface area contributed by atoms with E-state index < -0.39 is 0 Å². The van der Waals surface area contributed by atoms with Gasteiger partial charge in [0, 0.05) is 43.5 Å². The molecule has 3 heterocycles. The minimum absolute atomic E-state index is 0.0118. The lowest BCUT2D eigenvalue weighted by Crippen LogP contribution is -2.50. The highest BCUT2D eigenvalue weighted by molar-refractivity contribution is 6.30. The number of piperazine rings is 1. The summed E-state index contributed by atoms with van der Waals surface area (Å²) >= 11 is 5.86. The van der Waals surface area contributed by atoms with Crippen LogP contribution >= 0.6 is 11.6 Å². The average Bonchev–Trinajstić information content (AvgIpc) is 3.20. The number of carbonyl (C=O) groups excluding carboxylic acids is 1. The Morgan fingerprint density at radius 1 is 1.07 bits per heavy atom. The largest absolute Gasteiger partial charge is 0.484 e. The molecule has 0 spiro atoms. The van der Waals surface area contributed by atoms with Gasteiger partial charge in [-0.2, -0.15) is 5.10 Å². The van der Waals surface area contributed by atoms with Crippen LogP contribution in [0, 0.1) is 6.92 Å². The zero-order valence-electron chi connectivity index (χ0n) is 16.0. The topological polar surface area (TPSA) is 76.4 Å². The average molecular weight is 413 g/mol. The number of hydrogen-bond donors (Lipinski definition) is 0. The maximum atomic E-state index is 12.4. The Labute approximate surface area is 173 Å². The number of carbonyl (C=O) groups is 1. The third-order valence-corrected chi connectivity index (χ3v) is 4.98. The number of amides is 1. The van der Waals surface area contributed by atoms with Crippen molar-refractivity contribution in [2.24, 2.45) is 0 Å². The zero-order chi connectivity index (χ0) is 20.2.